The molecule has 0 saturated carbocycles. The maximum Gasteiger partial charge on any atom is 0.124 e. The number of benzene rings is 1. The van der Waals surface area contributed by atoms with Gasteiger partial charge in [-0.25, -0.2) is 4.39 Å². The van der Waals surface area contributed by atoms with Crippen molar-refractivity contribution in [3.05, 3.63) is 30.1 Å². The zero-order chi connectivity index (χ0) is 9.68. The van der Waals surface area contributed by atoms with Crippen molar-refractivity contribution in [2.24, 2.45) is 5.73 Å². The zero-order valence-corrected chi connectivity index (χ0v) is 8.02. The Morgan fingerprint density at radius 1 is 1.46 bits per heavy atom. The van der Waals surface area contributed by atoms with Crippen LogP contribution in [0.4, 0.5) is 4.39 Å². The maximum atomic E-state index is 12.7. The molecule has 0 aliphatic heterocycles. The number of hydrogen-bond acceptors (Lipinski definition) is 2. The molecule has 0 aliphatic rings. The Balaban J connectivity index is 2.66. The highest BCUT2D eigenvalue weighted by Gasteiger charge is 2.03. The molecule has 72 valence electrons. The molecule has 0 saturated heterocycles. The van der Waals surface area contributed by atoms with E-state index in [1.165, 1.54) is 12.1 Å². The molecule has 2 N–H and O–H groups in total. The Morgan fingerprint density at radius 3 is 2.85 bits per heavy atom. The average molecular weight is 201 g/mol. The van der Waals surface area contributed by atoms with Crippen molar-refractivity contribution in [1.29, 1.82) is 0 Å². The summed E-state index contributed by atoms with van der Waals surface area (Å²) in [6.07, 6.45) is 0.698. The average Bonchev–Trinajstić information content (AvgIpc) is 2.14. The van der Waals surface area contributed by atoms with Crippen molar-refractivity contribution in [3.8, 4) is 0 Å². The third-order valence-electron chi connectivity index (χ3n) is 1.59. The molecule has 0 aromatic heterocycles. The lowest BCUT2D eigenvalue weighted by molar-refractivity contribution is 0.622. The zero-order valence-electron chi connectivity index (χ0n) is 7.20. The van der Waals surface area contributed by atoms with E-state index in [2.05, 4.69) is 0 Å². The largest absolute Gasteiger partial charge is 0.330 e. The lowest BCUT2D eigenvalue weighted by Gasteiger charge is -2.00. The second-order valence-corrected chi connectivity index (χ2v) is 4.22. The van der Waals surface area contributed by atoms with Gasteiger partial charge in [-0.3, -0.25) is 4.21 Å². The van der Waals surface area contributed by atoms with Gasteiger partial charge in [-0.2, -0.15) is 0 Å². The van der Waals surface area contributed by atoms with Crippen LogP contribution in [0.2, 0.25) is 0 Å². The number of nitrogens with two attached hydrogens (primary N) is 1. The summed E-state index contributed by atoms with van der Waals surface area (Å²) >= 11 is 0. The minimum absolute atomic E-state index is 0.349. The standard InChI is InChI=1S/C9H12FNOS/c10-8-3-1-4-9(7-8)13(12)6-2-5-11/h1,3-4,7H,2,5-6,11H2. The van der Waals surface area contributed by atoms with E-state index in [0.29, 0.717) is 23.6 Å². The van der Waals surface area contributed by atoms with Gasteiger partial charge in [0.1, 0.15) is 5.82 Å². The molecule has 0 amide bonds. The second-order valence-electron chi connectivity index (χ2n) is 2.65. The molecule has 2 nitrogen and oxygen atoms in total. The van der Waals surface area contributed by atoms with Crippen molar-refractivity contribution in [1.82, 2.24) is 0 Å². The molecular formula is C9H12FNOS. The molecule has 1 rings (SSSR count). The van der Waals surface area contributed by atoms with Crippen LogP contribution in [0.3, 0.4) is 0 Å². The highest BCUT2D eigenvalue weighted by Crippen LogP contribution is 2.09. The highest BCUT2D eigenvalue weighted by atomic mass is 32.2. The first-order chi connectivity index (χ1) is 6.24. The molecular weight excluding hydrogens is 189 g/mol. The van der Waals surface area contributed by atoms with E-state index < -0.39 is 10.8 Å². The lowest BCUT2D eigenvalue weighted by Crippen LogP contribution is -2.06. The fraction of sp³-hybridized carbons (Fsp3) is 0.333. The first kappa shape index (κ1) is 10.3. The fourth-order valence-electron chi connectivity index (χ4n) is 0.941. The van der Waals surface area contributed by atoms with Gasteiger partial charge >= 0.3 is 0 Å². The summed E-state index contributed by atoms with van der Waals surface area (Å²) in [4.78, 5) is 0.536. The molecule has 4 heteroatoms. The van der Waals surface area contributed by atoms with Gasteiger partial charge in [-0.1, -0.05) is 6.07 Å². The van der Waals surface area contributed by atoms with Crippen LogP contribution in [0.5, 0.6) is 0 Å². The molecule has 1 atom stereocenters. The van der Waals surface area contributed by atoms with Crippen LogP contribution in [0, 0.1) is 5.82 Å². The molecule has 0 heterocycles. The first-order valence-electron chi connectivity index (χ1n) is 4.08. The molecule has 1 unspecified atom stereocenters. The highest BCUT2D eigenvalue weighted by molar-refractivity contribution is 7.85. The van der Waals surface area contributed by atoms with Crippen LogP contribution in [-0.2, 0) is 10.8 Å². The summed E-state index contributed by atoms with van der Waals surface area (Å²) in [6, 6.07) is 5.86. The van der Waals surface area contributed by atoms with Crippen LogP contribution in [-0.4, -0.2) is 16.5 Å². The predicted octanol–water partition coefficient (Wildman–Crippen LogP) is 1.28. The summed E-state index contributed by atoms with van der Waals surface area (Å²) in [6.45, 7) is 0.515. The van der Waals surface area contributed by atoms with Gasteiger partial charge in [0.15, 0.2) is 0 Å². The van der Waals surface area contributed by atoms with E-state index in [1.54, 1.807) is 12.1 Å². The quantitative estimate of drug-likeness (QED) is 0.797. The van der Waals surface area contributed by atoms with Crippen LogP contribution < -0.4 is 5.73 Å². The van der Waals surface area contributed by atoms with Crippen molar-refractivity contribution < 1.29 is 8.60 Å². The number of hydrogen-bond donors (Lipinski definition) is 1. The summed E-state index contributed by atoms with van der Waals surface area (Å²) in [5.41, 5.74) is 5.28. The van der Waals surface area contributed by atoms with Crippen LogP contribution >= 0.6 is 0 Å². The van der Waals surface area contributed by atoms with Crippen molar-refractivity contribution in [3.63, 3.8) is 0 Å². The summed E-state index contributed by atoms with van der Waals surface area (Å²) in [7, 11) is -1.11. The summed E-state index contributed by atoms with van der Waals surface area (Å²) < 4.78 is 24.1. The molecule has 0 bridgehead atoms. The summed E-state index contributed by atoms with van der Waals surface area (Å²) in [5.74, 6) is 0.151. The third-order valence-corrected chi connectivity index (χ3v) is 3.03. The lowest BCUT2D eigenvalue weighted by atomic mass is 10.4. The minimum Gasteiger partial charge on any atom is -0.330 e. The van der Waals surface area contributed by atoms with Gasteiger partial charge in [-0.05, 0) is 31.2 Å². The van der Waals surface area contributed by atoms with Gasteiger partial charge in [0, 0.05) is 10.6 Å². The predicted molar refractivity (Wildman–Crippen MR) is 51.3 cm³/mol. The van der Waals surface area contributed by atoms with E-state index in [0.717, 1.165) is 0 Å². The summed E-state index contributed by atoms with van der Waals surface area (Å²) in [5, 5.41) is 0. The van der Waals surface area contributed by atoms with Gasteiger partial charge in [-0.15, -0.1) is 0 Å². The Hall–Kier alpha value is -0.740. The van der Waals surface area contributed by atoms with Gasteiger partial charge in [0.05, 0.1) is 10.8 Å². The Kier molecular flexibility index (Phi) is 4.05. The van der Waals surface area contributed by atoms with Crippen molar-refractivity contribution in [2.45, 2.75) is 11.3 Å². The maximum absolute atomic E-state index is 12.7. The first-order valence-corrected chi connectivity index (χ1v) is 5.40. The number of rotatable bonds is 4. The molecule has 0 aliphatic carbocycles. The third kappa shape index (κ3) is 3.24. The minimum atomic E-state index is -1.11. The van der Waals surface area contributed by atoms with E-state index in [1.807, 2.05) is 0 Å². The SMILES string of the molecule is NCCCS(=O)c1cccc(F)c1. The van der Waals surface area contributed by atoms with Crippen LogP contribution in [0.15, 0.2) is 29.2 Å². The normalized spacial score (nSPS) is 12.8. The Morgan fingerprint density at radius 2 is 2.23 bits per heavy atom. The molecule has 0 fully saturated rings. The number of halogens is 1. The van der Waals surface area contributed by atoms with Crippen LogP contribution in [0.1, 0.15) is 6.42 Å². The van der Waals surface area contributed by atoms with Crippen LogP contribution in [0.25, 0.3) is 0 Å². The molecule has 0 radical (unpaired) electrons. The van der Waals surface area contributed by atoms with E-state index in [9.17, 15) is 8.60 Å². The second kappa shape index (κ2) is 5.09. The monoisotopic (exact) mass is 201 g/mol. The topological polar surface area (TPSA) is 43.1 Å². The van der Waals surface area contributed by atoms with E-state index in [4.69, 9.17) is 5.73 Å². The smallest absolute Gasteiger partial charge is 0.124 e. The van der Waals surface area contributed by atoms with E-state index in [-0.39, 0.29) is 5.82 Å². The van der Waals surface area contributed by atoms with Gasteiger partial charge in [0.2, 0.25) is 0 Å². The molecule has 1 aromatic rings. The Bertz CT molecular complexity index is 303. The van der Waals surface area contributed by atoms with Crippen molar-refractivity contribution in [2.75, 3.05) is 12.3 Å². The van der Waals surface area contributed by atoms with Gasteiger partial charge < -0.3 is 5.73 Å². The van der Waals surface area contributed by atoms with E-state index >= 15 is 0 Å². The Labute approximate surface area is 79.4 Å². The molecule has 1 aromatic carbocycles. The molecule has 0 spiro atoms. The molecule has 13 heavy (non-hydrogen) atoms. The van der Waals surface area contributed by atoms with Gasteiger partial charge in [0.25, 0.3) is 0 Å². The fourth-order valence-corrected chi connectivity index (χ4v) is 2.08. The van der Waals surface area contributed by atoms with Crippen molar-refractivity contribution >= 4 is 10.8 Å².